The van der Waals surface area contributed by atoms with Crippen LogP contribution in [0.4, 0.5) is 0 Å². The van der Waals surface area contributed by atoms with Gasteiger partial charge in [-0.1, -0.05) is 36.4 Å². The molecule has 0 spiro atoms. The number of aromatic nitrogens is 2. The molecule has 0 aliphatic rings. The van der Waals surface area contributed by atoms with Gasteiger partial charge in [-0.05, 0) is 18.6 Å². The average Bonchev–Trinajstić information content (AvgIpc) is 2.92. The van der Waals surface area contributed by atoms with Crippen molar-refractivity contribution < 1.29 is 0 Å². The number of thiazole rings is 1. The van der Waals surface area contributed by atoms with E-state index in [1.165, 1.54) is 11.3 Å². The zero-order valence-corrected chi connectivity index (χ0v) is 11.7. The van der Waals surface area contributed by atoms with Gasteiger partial charge in [0.15, 0.2) is 0 Å². The Hall–Kier alpha value is -2.51. The Labute approximate surface area is 121 Å². The quantitative estimate of drug-likeness (QED) is 0.710. The third-order valence-electron chi connectivity index (χ3n) is 2.99. The number of pyridine rings is 1. The maximum absolute atomic E-state index is 9.31. The Morgan fingerprint density at radius 3 is 2.55 bits per heavy atom. The van der Waals surface area contributed by atoms with Crippen LogP contribution in [-0.4, -0.2) is 9.97 Å². The summed E-state index contributed by atoms with van der Waals surface area (Å²) in [5.41, 5.74) is 3.60. The molecule has 0 atom stereocenters. The van der Waals surface area contributed by atoms with Gasteiger partial charge in [0.1, 0.15) is 21.6 Å². The number of hydrogen-bond donors (Lipinski definition) is 0. The van der Waals surface area contributed by atoms with Crippen molar-refractivity contribution in [3.63, 3.8) is 0 Å². The van der Waals surface area contributed by atoms with Crippen LogP contribution in [0.25, 0.3) is 22.0 Å². The summed E-state index contributed by atoms with van der Waals surface area (Å²) >= 11 is 1.39. The molecule has 0 aliphatic heterocycles. The van der Waals surface area contributed by atoms with Crippen LogP contribution < -0.4 is 0 Å². The fourth-order valence-electron chi connectivity index (χ4n) is 2.00. The molecule has 4 heteroatoms. The third-order valence-corrected chi connectivity index (χ3v) is 3.95. The molecule has 0 unspecified atom stereocenters. The van der Waals surface area contributed by atoms with Gasteiger partial charge in [0, 0.05) is 11.8 Å². The number of nitriles is 1. The molecular weight excluding hydrogens is 266 g/mol. The highest BCUT2D eigenvalue weighted by atomic mass is 32.1. The first-order valence-corrected chi connectivity index (χ1v) is 6.99. The van der Waals surface area contributed by atoms with E-state index in [0.717, 1.165) is 27.5 Å². The molecule has 3 rings (SSSR count). The van der Waals surface area contributed by atoms with E-state index in [-0.39, 0.29) is 0 Å². The lowest BCUT2D eigenvalue weighted by atomic mass is 10.1. The van der Waals surface area contributed by atoms with Gasteiger partial charge in [0.05, 0.1) is 5.69 Å². The largest absolute Gasteiger partial charge is 0.253 e. The molecular formula is C16H11N3S. The topological polar surface area (TPSA) is 49.6 Å². The van der Waals surface area contributed by atoms with E-state index < -0.39 is 0 Å². The number of aryl methyl sites for hydroxylation is 1. The van der Waals surface area contributed by atoms with Gasteiger partial charge in [-0.25, -0.2) is 4.98 Å². The minimum atomic E-state index is 0.622. The van der Waals surface area contributed by atoms with Crippen molar-refractivity contribution in [2.75, 3.05) is 0 Å². The monoisotopic (exact) mass is 277 g/mol. The fourth-order valence-corrected chi connectivity index (χ4v) is 2.94. The fraction of sp³-hybridized carbons (Fsp3) is 0.0625. The maximum atomic E-state index is 9.31. The van der Waals surface area contributed by atoms with Gasteiger partial charge in [-0.2, -0.15) is 5.26 Å². The van der Waals surface area contributed by atoms with E-state index in [9.17, 15) is 5.26 Å². The van der Waals surface area contributed by atoms with Crippen LogP contribution in [0.1, 0.15) is 10.4 Å². The van der Waals surface area contributed by atoms with Crippen molar-refractivity contribution in [3.05, 3.63) is 59.1 Å². The molecule has 2 aromatic heterocycles. The summed E-state index contributed by atoms with van der Waals surface area (Å²) in [5, 5.41) is 10.1. The van der Waals surface area contributed by atoms with Crippen molar-refractivity contribution >= 4 is 11.3 Å². The van der Waals surface area contributed by atoms with E-state index >= 15 is 0 Å². The normalized spacial score (nSPS) is 10.2. The van der Waals surface area contributed by atoms with Gasteiger partial charge >= 0.3 is 0 Å². The summed E-state index contributed by atoms with van der Waals surface area (Å²) < 4.78 is 0. The van der Waals surface area contributed by atoms with Crippen LogP contribution in [0.15, 0.2) is 48.7 Å². The Balaban J connectivity index is 2.16. The smallest absolute Gasteiger partial charge is 0.144 e. The Morgan fingerprint density at radius 1 is 1.05 bits per heavy atom. The number of nitrogens with zero attached hydrogens (tertiary/aromatic N) is 3. The van der Waals surface area contributed by atoms with Gasteiger partial charge < -0.3 is 0 Å². The molecule has 96 valence electrons. The van der Waals surface area contributed by atoms with Crippen molar-refractivity contribution in [2.24, 2.45) is 0 Å². The highest BCUT2D eigenvalue weighted by Crippen LogP contribution is 2.33. The molecule has 0 amide bonds. The summed E-state index contributed by atoms with van der Waals surface area (Å²) in [6.07, 6.45) is 1.75. The van der Waals surface area contributed by atoms with Crippen LogP contribution >= 0.6 is 11.3 Å². The predicted molar refractivity (Wildman–Crippen MR) is 80.2 cm³/mol. The summed E-state index contributed by atoms with van der Waals surface area (Å²) in [5.74, 6) is 0. The van der Waals surface area contributed by atoms with Crippen molar-refractivity contribution in [1.29, 1.82) is 5.26 Å². The second-order valence-corrected chi connectivity index (χ2v) is 5.34. The van der Waals surface area contributed by atoms with Crippen LogP contribution in [0.5, 0.6) is 0 Å². The zero-order valence-electron chi connectivity index (χ0n) is 10.9. The van der Waals surface area contributed by atoms with E-state index in [0.29, 0.717) is 4.88 Å². The molecule has 0 bridgehead atoms. The van der Waals surface area contributed by atoms with Gasteiger partial charge in [-0.15, -0.1) is 11.3 Å². The maximum Gasteiger partial charge on any atom is 0.144 e. The standard InChI is InChI=1S/C16H11N3S/c1-11-6-5-9-18-14(11)16-19-15(13(10-17)20-16)12-7-3-2-4-8-12/h2-9H,1H3. The zero-order chi connectivity index (χ0) is 13.9. The first kappa shape index (κ1) is 12.5. The highest BCUT2D eigenvalue weighted by molar-refractivity contribution is 7.16. The average molecular weight is 277 g/mol. The summed E-state index contributed by atoms with van der Waals surface area (Å²) in [6, 6.07) is 15.9. The highest BCUT2D eigenvalue weighted by Gasteiger charge is 2.15. The Kier molecular flexibility index (Phi) is 3.28. The Morgan fingerprint density at radius 2 is 1.85 bits per heavy atom. The number of hydrogen-bond acceptors (Lipinski definition) is 4. The number of benzene rings is 1. The molecule has 2 heterocycles. The first-order chi connectivity index (χ1) is 9.79. The molecule has 0 saturated heterocycles. The third kappa shape index (κ3) is 2.20. The first-order valence-electron chi connectivity index (χ1n) is 6.18. The summed E-state index contributed by atoms with van der Waals surface area (Å²) in [6.45, 7) is 2.00. The van der Waals surface area contributed by atoms with Crippen LogP contribution in [0.3, 0.4) is 0 Å². The lowest BCUT2D eigenvalue weighted by Gasteiger charge is -1.99. The summed E-state index contributed by atoms with van der Waals surface area (Å²) in [4.78, 5) is 9.61. The molecule has 20 heavy (non-hydrogen) atoms. The SMILES string of the molecule is Cc1cccnc1-c1nc(-c2ccccc2)c(C#N)s1. The summed E-state index contributed by atoms with van der Waals surface area (Å²) in [7, 11) is 0. The van der Waals surface area contributed by atoms with Crippen LogP contribution in [-0.2, 0) is 0 Å². The molecule has 3 nitrogen and oxygen atoms in total. The van der Waals surface area contributed by atoms with E-state index in [2.05, 4.69) is 16.0 Å². The molecule has 0 N–H and O–H groups in total. The second kappa shape index (κ2) is 5.24. The minimum absolute atomic E-state index is 0.622. The van der Waals surface area contributed by atoms with Crippen molar-refractivity contribution in [1.82, 2.24) is 9.97 Å². The molecule has 1 aromatic carbocycles. The molecule has 0 saturated carbocycles. The van der Waals surface area contributed by atoms with E-state index in [1.54, 1.807) is 6.20 Å². The van der Waals surface area contributed by atoms with Crippen LogP contribution in [0, 0.1) is 18.3 Å². The van der Waals surface area contributed by atoms with Crippen molar-refractivity contribution in [3.8, 4) is 28.0 Å². The lowest BCUT2D eigenvalue weighted by molar-refractivity contribution is 1.25. The lowest BCUT2D eigenvalue weighted by Crippen LogP contribution is -1.86. The van der Waals surface area contributed by atoms with E-state index in [1.807, 2.05) is 49.4 Å². The number of rotatable bonds is 2. The molecule has 0 fully saturated rings. The van der Waals surface area contributed by atoms with Gasteiger partial charge in [0.2, 0.25) is 0 Å². The Bertz CT molecular complexity index is 785. The second-order valence-electron chi connectivity index (χ2n) is 4.34. The van der Waals surface area contributed by atoms with Crippen molar-refractivity contribution in [2.45, 2.75) is 6.92 Å². The molecule has 0 aliphatic carbocycles. The molecule has 0 radical (unpaired) electrons. The van der Waals surface area contributed by atoms with E-state index in [4.69, 9.17) is 0 Å². The van der Waals surface area contributed by atoms with Gasteiger partial charge in [-0.3, -0.25) is 4.98 Å². The van der Waals surface area contributed by atoms with Gasteiger partial charge in [0.25, 0.3) is 0 Å². The predicted octanol–water partition coefficient (Wildman–Crippen LogP) is 4.05. The minimum Gasteiger partial charge on any atom is -0.253 e. The molecule has 3 aromatic rings. The van der Waals surface area contributed by atoms with Crippen LogP contribution in [0.2, 0.25) is 0 Å².